The second-order valence-electron chi connectivity index (χ2n) is 3.39. The highest BCUT2D eigenvalue weighted by atomic mass is 32.2. The first-order chi connectivity index (χ1) is 8.57. The van der Waals surface area contributed by atoms with E-state index >= 15 is 0 Å². The first-order valence-corrected chi connectivity index (χ1v) is 7.13. The fraction of sp³-hybridized carbons (Fsp3) is 0.500. The van der Waals surface area contributed by atoms with Crippen LogP contribution in [0.3, 0.4) is 0 Å². The van der Waals surface area contributed by atoms with E-state index in [1.54, 1.807) is 19.9 Å². The molecule has 3 unspecified atom stereocenters. The zero-order valence-electron chi connectivity index (χ0n) is 10.3. The summed E-state index contributed by atoms with van der Waals surface area (Å²) in [5, 5.41) is 34.8. The van der Waals surface area contributed by atoms with Crippen LogP contribution in [0.2, 0.25) is 0 Å². The third-order valence-corrected chi connectivity index (χ3v) is 3.98. The summed E-state index contributed by atoms with van der Waals surface area (Å²) in [6.07, 6.45) is 4.21. The third-order valence-electron chi connectivity index (χ3n) is 1.83. The van der Waals surface area contributed by atoms with Crippen LogP contribution in [0.4, 0.5) is 0 Å². The van der Waals surface area contributed by atoms with E-state index in [1.165, 1.54) is 29.6 Å². The SMILES string of the molecule is CC(C#N)S/C(=C/C(/C=C/O)SC(C)C#N)CO. The number of rotatable bonds is 7. The molecule has 0 aromatic carbocycles. The van der Waals surface area contributed by atoms with Gasteiger partial charge in [-0.05, 0) is 19.9 Å². The Hall–Kier alpha value is -1.08. The van der Waals surface area contributed by atoms with Crippen molar-refractivity contribution < 1.29 is 10.2 Å². The van der Waals surface area contributed by atoms with Gasteiger partial charge in [-0.2, -0.15) is 10.5 Å². The summed E-state index contributed by atoms with van der Waals surface area (Å²) in [5.41, 5.74) is 0. The number of hydrogen-bond acceptors (Lipinski definition) is 6. The van der Waals surface area contributed by atoms with E-state index < -0.39 is 0 Å². The quantitative estimate of drug-likeness (QED) is 0.699. The van der Waals surface area contributed by atoms with Crippen LogP contribution >= 0.6 is 23.5 Å². The van der Waals surface area contributed by atoms with Crippen molar-refractivity contribution in [3.8, 4) is 12.1 Å². The summed E-state index contributed by atoms with van der Waals surface area (Å²) in [6, 6.07) is 4.16. The van der Waals surface area contributed by atoms with E-state index in [0.717, 1.165) is 6.26 Å². The topological polar surface area (TPSA) is 88.0 Å². The highest BCUT2D eigenvalue weighted by Crippen LogP contribution is 2.26. The minimum Gasteiger partial charge on any atom is -0.516 e. The number of hydrogen-bond donors (Lipinski definition) is 2. The van der Waals surface area contributed by atoms with Gasteiger partial charge in [-0.15, -0.1) is 23.5 Å². The summed E-state index contributed by atoms with van der Waals surface area (Å²) >= 11 is 2.63. The lowest BCUT2D eigenvalue weighted by molar-refractivity contribution is 0.339. The van der Waals surface area contributed by atoms with Crippen molar-refractivity contribution in [2.75, 3.05) is 6.61 Å². The summed E-state index contributed by atoms with van der Waals surface area (Å²) in [6.45, 7) is 3.35. The fourth-order valence-corrected chi connectivity index (χ4v) is 2.89. The second kappa shape index (κ2) is 9.90. The summed E-state index contributed by atoms with van der Waals surface area (Å²) in [7, 11) is 0. The van der Waals surface area contributed by atoms with Gasteiger partial charge in [0.2, 0.25) is 0 Å². The molecule has 0 radical (unpaired) electrons. The Morgan fingerprint density at radius 3 is 2.33 bits per heavy atom. The van der Waals surface area contributed by atoms with Gasteiger partial charge in [0.25, 0.3) is 0 Å². The van der Waals surface area contributed by atoms with Gasteiger partial charge in [0.15, 0.2) is 0 Å². The van der Waals surface area contributed by atoms with Gasteiger partial charge in [-0.25, -0.2) is 0 Å². The second-order valence-corrected chi connectivity index (χ2v) is 6.38. The molecule has 98 valence electrons. The highest BCUT2D eigenvalue weighted by Gasteiger charge is 2.11. The van der Waals surface area contributed by atoms with Crippen molar-refractivity contribution in [1.82, 2.24) is 0 Å². The smallest absolute Gasteiger partial charge is 0.0933 e. The standard InChI is InChI=1S/C12H16N2O2S2/c1-9(6-13)17-11(3-4-15)5-12(8-16)18-10(2)7-14/h3-5,9-11,15-16H,8H2,1-2H3/b4-3+,12-5+. The van der Waals surface area contributed by atoms with Gasteiger partial charge in [-0.3, -0.25) is 0 Å². The predicted molar refractivity (Wildman–Crippen MR) is 76.1 cm³/mol. The normalized spacial score (nSPS) is 16.8. The molecule has 4 nitrogen and oxygen atoms in total. The molecule has 0 fully saturated rings. The van der Waals surface area contributed by atoms with E-state index in [9.17, 15) is 5.11 Å². The number of aliphatic hydroxyl groups excluding tert-OH is 2. The molecule has 0 aliphatic rings. The Kier molecular flexibility index (Phi) is 9.31. The van der Waals surface area contributed by atoms with Crippen LogP contribution in [-0.4, -0.2) is 32.6 Å². The zero-order chi connectivity index (χ0) is 14.0. The van der Waals surface area contributed by atoms with Crippen molar-refractivity contribution in [2.24, 2.45) is 0 Å². The van der Waals surface area contributed by atoms with Gasteiger partial charge >= 0.3 is 0 Å². The lowest BCUT2D eigenvalue weighted by Gasteiger charge is -2.12. The van der Waals surface area contributed by atoms with Gasteiger partial charge in [0.05, 0.1) is 35.5 Å². The summed E-state index contributed by atoms with van der Waals surface area (Å²) in [5.74, 6) is 0. The average molecular weight is 284 g/mol. The number of nitrogens with zero attached hydrogens (tertiary/aromatic N) is 2. The van der Waals surface area contributed by atoms with Gasteiger partial charge in [0.1, 0.15) is 0 Å². The molecule has 0 amide bonds. The van der Waals surface area contributed by atoms with Gasteiger partial charge < -0.3 is 10.2 Å². The largest absolute Gasteiger partial charge is 0.516 e. The number of aliphatic hydroxyl groups is 2. The molecule has 0 aliphatic carbocycles. The molecule has 0 heterocycles. The van der Waals surface area contributed by atoms with Gasteiger partial charge in [0, 0.05) is 10.2 Å². The van der Waals surface area contributed by atoms with Crippen LogP contribution in [0.25, 0.3) is 0 Å². The van der Waals surface area contributed by atoms with E-state index in [2.05, 4.69) is 12.1 Å². The van der Waals surface area contributed by atoms with E-state index in [4.69, 9.17) is 15.6 Å². The maximum Gasteiger partial charge on any atom is 0.0933 e. The first-order valence-electron chi connectivity index (χ1n) is 5.31. The average Bonchev–Trinajstić information content (AvgIpc) is 2.37. The molecule has 0 aromatic heterocycles. The molecule has 0 aromatic rings. The van der Waals surface area contributed by atoms with E-state index in [0.29, 0.717) is 4.91 Å². The molecule has 2 N–H and O–H groups in total. The molecule has 18 heavy (non-hydrogen) atoms. The lowest BCUT2D eigenvalue weighted by Crippen LogP contribution is -2.04. The molecule has 3 atom stereocenters. The molecule has 6 heteroatoms. The molecule has 0 aliphatic heterocycles. The molecule has 0 saturated carbocycles. The maximum absolute atomic E-state index is 9.22. The Balaban J connectivity index is 4.79. The first kappa shape index (κ1) is 16.9. The van der Waals surface area contributed by atoms with Crippen molar-refractivity contribution >= 4 is 23.5 Å². The van der Waals surface area contributed by atoms with Gasteiger partial charge in [-0.1, -0.05) is 6.08 Å². The van der Waals surface area contributed by atoms with Crippen molar-refractivity contribution in [3.63, 3.8) is 0 Å². The third kappa shape index (κ3) is 7.29. The molecule has 0 bridgehead atoms. The summed E-state index contributed by atoms with van der Waals surface area (Å²) < 4.78 is 0. The zero-order valence-corrected chi connectivity index (χ0v) is 11.9. The Labute approximate surface area is 116 Å². The molecule has 0 spiro atoms. The monoisotopic (exact) mass is 284 g/mol. The Bertz CT molecular complexity index is 383. The summed E-state index contributed by atoms with van der Waals surface area (Å²) in [4.78, 5) is 0.657. The van der Waals surface area contributed by atoms with Crippen LogP contribution in [0, 0.1) is 22.7 Å². The molecular formula is C12H16N2O2S2. The van der Waals surface area contributed by atoms with Crippen molar-refractivity contribution in [1.29, 1.82) is 10.5 Å². The minimum atomic E-state index is -0.249. The molecule has 0 saturated heterocycles. The van der Waals surface area contributed by atoms with Crippen LogP contribution in [0.15, 0.2) is 23.3 Å². The fourth-order valence-electron chi connectivity index (χ4n) is 1.06. The van der Waals surface area contributed by atoms with Crippen molar-refractivity contribution in [2.45, 2.75) is 29.6 Å². The Morgan fingerprint density at radius 1 is 1.28 bits per heavy atom. The number of thioether (sulfide) groups is 2. The van der Waals surface area contributed by atoms with Crippen LogP contribution < -0.4 is 0 Å². The van der Waals surface area contributed by atoms with Crippen LogP contribution in [0.5, 0.6) is 0 Å². The molecule has 0 rings (SSSR count). The number of nitriles is 2. The van der Waals surface area contributed by atoms with Crippen molar-refractivity contribution in [3.05, 3.63) is 23.3 Å². The van der Waals surface area contributed by atoms with E-state index in [-0.39, 0.29) is 22.4 Å². The van der Waals surface area contributed by atoms with Crippen LogP contribution in [0.1, 0.15) is 13.8 Å². The van der Waals surface area contributed by atoms with Crippen LogP contribution in [-0.2, 0) is 0 Å². The highest BCUT2D eigenvalue weighted by molar-refractivity contribution is 8.04. The maximum atomic E-state index is 9.22. The predicted octanol–water partition coefficient (Wildman–Crippen LogP) is 2.59. The molecular weight excluding hydrogens is 268 g/mol. The Morgan fingerprint density at radius 2 is 1.89 bits per heavy atom. The van der Waals surface area contributed by atoms with E-state index in [1.807, 2.05) is 0 Å². The lowest BCUT2D eigenvalue weighted by atomic mass is 10.3. The minimum absolute atomic E-state index is 0.159.